The highest BCUT2D eigenvalue weighted by molar-refractivity contribution is 5.91. The molecule has 2 nitrogen and oxygen atoms in total. The second kappa shape index (κ2) is 8.30. The van der Waals surface area contributed by atoms with E-state index in [-0.39, 0.29) is 5.97 Å². The van der Waals surface area contributed by atoms with E-state index in [1.165, 1.54) is 0 Å². The molecule has 0 saturated heterocycles. The van der Waals surface area contributed by atoms with Crippen molar-refractivity contribution in [1.82, 2.24) is 0 Å². The van der Waals surface area contributed by atoms with E-state index in [1.54, 1.807) is 24.3 Å². The van der Waals surface area contributed by atoms with Gasteiger partial charge in [0.05, 0.1) is 12.2 Å². The molecule has 0 spiro atoms. The SMILES string of the molecule is C=C/C=C\C(=C/C)C(=O)OCCCC. The molecule has 0 unspecified atom stereocenters. The van der Waals surface area contributed by atoms with Gasteiger partial charge in [-0.15, -0.1) is 0 Å². The number of allylic oxidation sites excluding steroid dienone is 3. The fourth-order valence-electron chi connectivity index (χ4n) is 0.846. The summed E-state index contributed by atoms with van der Waals surface area (Å²) in [5.74, 6) is -0.265. The minimum atomic E-state index is -0.265. The molecule has 2 heteroatoms. The summed E-state index contributed by atoms with van der Waals surface area (Å²) in [6.07, 6.45) is 8.71. The smallest absolute Gasteiger partial charge is 0.337 e. The summed E-state index contributed by atoms with van der Waals surface area (Å²) in [5.41, 5.74) is 0.570. The molecule has 0 rings (SSSR count). The summed E-state index contributed by atoms with van der Waals surface area (Å²) < 4.78 is 5.04. The van der Waals surface area contributed by atoms with Crippen molar-refractivity contribution in [1.29, 1.82) is 0 Å². The number of carbonyl (C=O) groups is 1. The Bertz CT molecular complexity index is 237. The minimum Gasteiger partial charge on any atom is -0.462 e. The summed E-state index contributed by atoms with van der Waals surface area (Å²) >= 11 is 0. The largest absolute Gasteiger partial charge is 0.462 e. The van der Waals surface area contributed by atoms with Crippen molar-refractivity contribution in [3.05, 3.63) is 36.5 Å². The van der Waals surface area contributed by atoms with Gasteiger partial charge < -0.3 is 4.74 Å². The molecule has 0 aliphatic rings. The molecule has 0 heterocycles. The zero-order chi connectivity index (χ0) is 10.8. The predicted octanol–water partition coefficient (Wildman–Crippen LogP) is 3.02. The fourth-order valence-corrected chi connectivity index (χ4v) is 0.846. The molecule has 14 heavy (non-hydrogen) atoms. The van der Waals surface area contributed by atoms with E-state index >= 15 is 0 Å². The van der Waals surface area contributed by atoms with Gasteiger partial charge in [-0.25, -0.2) is 4.79 Å². The van der Waals surface area contributed by atoms with Crippen LogP contribution < -0.4 is 0 Å². The van der Waals surface area contributed by atoms with Gasteiger partial charge in [0.15, 0.2) is 0 Å². The maximum atomic E-state index is 11.4. The Balaban J connectivity index is 4.06. The molecule has 0 radical (unpaired) electrons. The molecule has 0 bridgehead atoms. The van der Waals surface area contributed by atoms with Gasteiger partial charge in [-0.2, -0.15) is 0 Å². The average molecular weight is 194 g/mol. The number of esters is 1. The number of carbonyl (C=O) groups excluding carboxylic acids is 1. The van der Waals surface area contributed by atoms with Crippen LogP contribution in [0.1, 0.15) is 26.7 Å². The standard InChI is InChI=1S/C12H18O2/c1-4-7-9-11(6-3)12(13)14-10-8-5-2/h4,6-7,9H,1,5,8,10H2,2-3H3/b9-7-,11-6+. The number of ether oxygens (including phenoxy) is 1. The quantitative estimate of drug-likeness (QED) is 0.281. The third-order valence-corrected chi connectivity index (χ3v) is 1.69. The van der Waals surface area contributed by atoms with E-state index in [2.05, 4.69) is 13.5 Å². The molecule has 0 aromatic carbocycles. The third-order valence-electron chi connectivity index (χ3n) is 1.69. The Morgan fingerprint density at radius 1 is 1.50 bits per heavy atom. The van der Waals surface area contributed by atoms with Crippen LogP contribution in [0.4, 0.5) is 0 Å². The Labute approximate surface area is 86.0 Å². The molecule has 0 saturated carbocycles. The highest BCUT2D eigenvalue weighted by Gasteiger charge is 2.05. The second-order valence-electron chi connectivity index (χ2n) is 2.83. The van der Waals surface area contributed by atoms with E-state index in [1.807, 2.05) is 6.92 Å². The van der Waals surface area contributed by atoms with Gasteiger partial charge >= 0.3 is 5.97 Å². The normalized spacial score (nSPS) is 11.7. The van der Waals surface area contributed by atoms with Crippen LogP contribution in [0.2, 0.25) is 0 Å². The molecule has 0 aromatic heterocycles. The first-order valence-electron chi connectivity index (χ1n) is 4.88. The van der Waals surface area contributed by atoms with Crippen molar-refractivity contribution in [2.75, 3.05) is 6.61 Å². The molecule has 0 aliphatic heterocycles. The summed E-state index contributed by atoms with van der Waals surface area (Å²) in [5, 5.41) is 0. The van der Waals surface area contributed by atoms with E-state index < -0.39 is 0 Å². The number of hydrogen-bond donors (Lipinski definition) is 0. The lowest BCUT2D eigenvalue weighted by Crippen LogP contribution is -2.07. The Morgan fingerprint density at radius 3 is 2.71 bits per heavy atom. The molecule has 0 fully saturated rings. The lowest BCUT2D eigenvalue weighted by molar-refractivity contribution is -0.138. The third kappa shape index (κ3) is 5.36. The summed E-state index contributed by atoms with van der Waals surface area (Å²) in [4.78, 5) is 11.4. The molecule has 0 aliphatic carbocycles. The van der Waals surface area contributed by atoms with Crippen LogP contribution in [0.5, 0.6) is 0 Å². The van der Waals surface area contributed by atoms with Gasteiger partial charge in [0, 0.05) is 0 Å². The Hall–Kier alpha value is -1.31. The molecule has 0 N–H and O–H groups in total. The van der Waals surface area contributed by atoms with Crippen molar-refractivity contribution in [2.45, 2.75) is 26.7 Å². The van der Waals surface area contributed by atoms with Gasteiger partial charge in [0.1, 0.15) is 0 Å². The topological polar surface area (TPSA) is 26.3 Å². The Morgan fingerprint density at radius 2 is 2.21 bits per heavy atom. The maximum Gasteiger partial charge on any atom is 0.337 e. The van der Waals surface area contributed by atoms with Crippen LogP contribution in [-0.4, -0.2) is 12.6 Å². The summed E-state index contributed by atoms with van der Waals surface area (Å²) in [7, 11) is 0. The van der Waals surface area contributed by atoms with Crippen molar-refractivity contribution in [3.63, 3.8) is 0 Å². The monoisotopic (exact) mass is 194 g/mol. The molecule has 78 valence electrons. The van der Waals surface area contributed by atoms with Crippen molar-refractivity contribution in [2.24, 2.45) is 0 Å². The highest BCUT2D eigenvalue weighted by Crippen LogP contribution is 2.01. The molecular formula is C12H18O2. The Kier molecular flexibility index (Phi) is 7.52. The lowest BCUT2D eigenvalue weighted by Gasteiger charge is -2.03. The maximum absolute atomic E-state index is 11.4. The lowest BCUT2D eigenvalue weighted by atomic mass is 10.2. The minimum absolute atomic E-state index is 0.265. The van der Waals surface area contributed by atoms with Gasteiger partial charge in [-0.05, 0) is 19.4 Å². The highest BCUT2D eigenvalue weighted by atomic mass is 16.5. The van der Waals surface area contributed by atoms with Crippen LogP contribution in [0.3, 0.4) is 0 Å². The van der Waals surface area contributed by atoms with Crippen LogP contribution >= 0.6 is 0 Å². The number of hydrogen-bond acceptors (Lipinski definition) is 2. The van der Waals surface area contributed by atoms with E-state index in [0.717, 1.165) is 12.8 Å². The van der Waals surface area contributed by atoms with Gasteiger partial charge in [-0.3, -0.25) is 0 Å². The van der Waals surface area contributed by atoms with Crippen LogP contribution in [0.15, 0.2) is 36.5 Å². The molecule has 0 amide bonds. The molecular weight excluding hydrogens is 176 g/mol. The first-order chi connectivity index (χ1) is 6.76. The predicted molar refractivity (Wildman–Crippen MR) is 59.0 cm³/mol. The van der Waals surface area contributed by atoms with E-state index in [4.69, 9.17) is 4.74 Å². The number of unbranched alkanes of at least 4 members (excludes halogenated alkanes) is 1. The van der Waals surface area contributed by atoms with Gasteiger partial charge in [0.25, 0.3) is 0 Å². The molecule has 0 aromatic rings. The second-order valence-corrected chi connectivity index (χ2v) is 2.83. The molecule has 0 atom stereocenters. The van der Waals surface area contributed by atoms with Gasteiger partial charge in [0.2, 0.25) is 0 Å². The van der Waals surface area contributed by atoms with Crippen LogP contribution in [0, 0.1) is 0 Å². The average Bonchev–Trinajstić information content (AvgIpc) is 2.19. The van der Waals surface area contributed by atoms with Crippen molar-refractivity contribution in [3.8, 4) is 0 Å². The van der Waals surface area contributed by atoms with Crippen molar-refractivity contribution >= 4 is 5.97 Å². The zero-order valence-corrected chi connectivity index (χ0v) is 8.95. The first-order valence-corrected chi connectivity index (χ1v) is 4.88. The first kappa shape index (κ1) is 12.7. The van der Waals surface area contributed by atoms with Gasteiger partial charge in [-0.1, -0.05) is 38.2 Å². The fraction of sp³-hybridized carbons (Fsp3) is 0.417. The summed E-state index contributed by atoms with van der Waals surface area (Å²) in [6, 6.07) is 0. The zero-order valence-electron chi connectivity index (χ0n) is 8.95. The van der Waals surface area contributed by atoms with Crippen molar-refractivity contribution < 1.29 is 9.53 Å². The number of rotatable bonds is 6. The van der Waals surface area contributed by atoms with E-state index in [0.29, 0.717) is 12.2 Å². The van der Waals surface area contributed by atoms with Crippen LogP contribution in [0.25, 0.3) is 0 Å². The van der Waals surface area contributed by atoms with E-state index in [9.17, 15) is 4.79 Å². The van der Waals surface area contributed by atoms with Crippen LogP contribution in [-0.2, 0) is 9.53 Å². The summed E-state index contributed by atoms with van der Waals surface area (Å²) in [6.45, 7) is 7.90.